The Morgan fingerprint density at radius 3 is 2.90 bits per heavy atom. The Morgan fingerprint density at radius 1 is 1.80 bits per heavy atom. The zero-order valence-electron chi connectivity index (χ0n) is 6.34. The summed E-state index contributed by atoms with van der Waals surface area (Å²) in [6, 6.07) is 0.682. The first kappa shape index (κ1) is 7.95. The quantitative estimate of drug-likeness (QED) is 0.602. The van der Waals surface area contributed by atoms with Gasteiger partial charge in [-0.1, -0.05) is 12.2 Å². The fraction of sp³-hybridized carbons (Fsp3) is 0.857. The van der Waals surface area contributed by atoms with Crippen LogP contribution in [0.15, 0.2) is 0 Å². The number of nitrogens with zero attached hydrogens (tertiary/aromatic N) is 1. The average molecular weight is 158 g/mol. The van der Waals surface area contributed by atoms with E-state index in [0.717, 1.165) is 6.54 Å². The predicted molar refractivity (Wildman–Crippen MR) is 47.1 cm³/mol. The summed E-state index contributed by atoms with van der Waals surface area (Å²) < 4.78 is 0. The van der Waals surface area contributed by atoms with Gasteiger partial charge in [0, 0.05) is 12.6 Å². The monoisotopic (exact) mass is 158 g/mol. The molecule has 0 saturated carbocycles. The van der Waals surface area contributed by atoms with Gasteiger partial charge in [-0.25, -0.2) is 0 Å². The molecule has 0 aromatic heterocycles. The van der Waals surface area contributed by atoms with Crippen molar-refractivity contribution in [1.82, 2.24) is 4.90 Å². The highest BCUT2D eigenvalue weighted by Gasteiger charge is 2.19. The molecule has 1 aliphatic rings. The lowest BCUT2D eigenvalue weighted by Crippen LogP contribution is -2.34. The summed E-state index contributed by atoms with van der Waals surface area (Å²) in [5.74, 6) is 0. The molecular formula is C7H14N2S. The molecule has 0 bridgehead atoms. The van der Waals surface area contributed by atoms with Gasteiger partial charge in [0.05, 0.1) is 4.99 Å². The molecule has 0 aromatic rings. The summed E-state index contributed by atoms with van der Waals surface area (Å²) in [4.78, 5) is 2.95. The Morgan fingerprint density at radius 2 is 2.50 bits per heavy atom. The van der Waals surface area contributed by atoms with Crippen LogP contribution in [0.4, 0.5) is 0 Å². The molecule has 1 fully saturated rings. The molecule has 0 aliphatic carbocycles. The fourth-order valence-electron chi connectivity index (χ4n) is 1.43. The first-order chi connectivity index (χ1) is 4.70. The van der Waals surface area contributed by atoms with E-state index in [1.165, 1.54) is 19.4 Å². The van der Waals surface area contributed by atoms with E-state index >= 15 is 0 Å². The minimum Gasteiger partial charge on any atom is -0.392 e. The normalized spacial score (nSPS) is 27.1. The van der Waals surface area contributed by atoms with Crippen molar-refractivity contribution in [3.63, 3.8) is 0 Å². The van der Waals surface area contributed by atoms with E-state index in [-0.39, 0.29) is 0 Å². The van der Waals surface area contributed by atoms with Crippen LogP contribution < -0.4 is 5.73 Å². The van der Waals surface area contributed by atoms with E-state index < -0.39 is 0 Å². The Bertz CT molecular complexity index is 136. The Balaban J connectivity index is 2.33. The largest absolute Gasteiger partial charge is 0.392 e. The number of thiocarbonyl (C=S) groups is 1. The number of likely N-dealkylation sites (tertiary alicyclic amines) is 1. The van der Waals surface area contributed by atoms with Crippen LogP contribution in [0.3, 0.4) is 0 Å². The second-order valence-electron chi connectivity index (χ2n) is 2.93. The standard InChI is InChI=1S/C7H14N2S/c1-6-3-2-4-9(6)5-7(8)10/h6H,2-5H2,1H3,(H2,8,10). The lowest BCUT2D eigenvalue weighted by atomic mass is 10.2. The molecule has 0 spiro atoms. The maximum Gasteiger partial charge on any atom is 0.0870 e. The summed E-state index contributed by atoms with van der Waals surface area (Å²) in [6.07, 6.45) is 2.59. The van der Waals surface area contributed by atoms with Crippen LogP contribution in [0.25, 0.3) is 0 Å². The van der Waals surface area contributed by atoms with Gasteiger partial charge < -0.3 is 5.73 Å². The van der Waals surface area contributed by atoms with Crippen molar-refractivity contribution >= 4 is 17.2 Å². The SMILES string of the molecule is CC1CCCN1CC(N)=S. The molecule has 1 atom stereocenters. The average Bonchev–Trinajstić information content (AvgIpc) is 2.15. The van der Waals surface area contributed by atoms with Crippen molar-refractivity contribution in [2.45, 2.75) is 25.8 Å². The van der Waals surface area contributed by atoms with E-state index in [9.17, 15) is 0 Å². The van der Waals surface area contributed by atoms with Crippen LogP contribution >= 0.6 is 12.2 Å². The van der Waals surface area contributed by atoms with Crippen LogP contribution in [-0.2, 0) is 0 Å². The van der Waals surface area contributed by atoms with Gasteiger partial charge in [-0.15, -0.1) is 0 Å². The third-order valence-electron chi connectivity index (χ3n) is 2.05. The minimum atomic E-state index is 0.619. The van der Waals surface area contributed by atoms with Gasteiger partial charge in [-0.05, 0) is 26.3 Å². The van der Waals surface area contributed by atoms with Crippen LogP contribution in [0, 0.1) is 0 Å². The Hall–Kier alpha value is -0.150. The summed E-state index contributed by atoms with van der Waals surface area (Å²) >= 11 is 4.82. The molecule has 2 nitrogen and oxygen atoms in total. The molecule has 2 N–H and O–H groups in total. The van der Waals surface area contributed by atoms with E-state index in [1.807, 2.05) is 0 Å². The molecule has 10 heavy (non-hydrogen) atoms. The molecule has 58 valence electrons. The highest BCUT2D eigenvalue weighted by molar-refractivity contribution is 7.80. The molecule has 0 aromatic carbocycles. The van der Waals surface area contributed by atoms with Gasteiger partial charge in [-0.3, -0.25) is 4.90 Å². The van der Waals surface area contributed by atoms with Gasteiger partial charge in [-0.2, -0.15) is 0 Å². The first-order valence-corrected chi connectivity index (χ1v) is 4.13. The molecule has 1 aliphatic heterocycles. The van der Waals surface area contributed by atoms with Gasteiger partial charge in [0.25, 0.3) is 0 Å². The third kappa shape index (κ3) is 1.92. The summed E-state index contributed by atoms with van der Waals surface area (Å²) in [5, 5.41) is 0. The summed E-state index contributed by atoms with van der Waals surface area (Å²) in [7, 11) is 0. The zero-order valence-corrected chi connectivity index (χ0v) is 7.16. The lowest BCUT2D eigenvalue weighted by Gasteiger charge is -2.19. The second-order valence-corrected chi connectivity index (χ2v) is 3.45. The second kappa shape index (κ2) is 3.30. The number of hydrogen-bond acceptors (Lipinski definition) is 2. The van der Waals surface area contributed by atoms with Crippen molar-refractivity contribution in [1.29, 1.82) is 0 Å². The van der Waals surface area contributed by atoms with E-state index in [4.69, 9.17) is 18.0 Å². The van der Waals surface area contributed by atoms with Gasteiger partial charge in [0.2, 0.25) is 0 Å². The molecule has 1 saturated heterocycles. The van der Waals surface area contributed by atoms with Crippen LogP contribution in [0.5, 0.6) is 0 Å². The summed E-state index contributed by atoms with van der Waals surface area (Å²) in [5.41, 5.74) is 5.42. The van der Waals surface area contributed by atoms with Gasteiger partial charge in [0.1, 0.15) is 0 Å². The van der Waals surface area contributed by atoms with E-state index in [0.29, 0.717) is 11.0 Å². The predicted octanol–water partition coefficient (Wildman–Crippen LogP) is 0.757. The van der Waals surface area contributed by atoms with Crippen molar-refractivity contribution in [2.24, 2.45) is 5.73 Å². The van der Waals surface area contributed by atoms with Crippen molar-refractivity contribution in [3.05, 3.63) is 0 Å². The van der Waals surface area contributed by atoms with Crippen molar-refractivity contribution in [3.8, 4) is 0 Å². The molecule has 0 amide bonds. The van der Waals surface area contributed by atoms with E-state index in [1.54, 1.807) is 0 Å². The molecule has 0 radical (unpaired) electrons. The van der Waals surface area contributed by atoms with Crippen molar-refractivity contribution < 1.29 is 0 Å². The first-order valence-electron chi connectivity index (χ1n) is 3.72. The van der Waals surface area contributed by atoms with Crippen LogP contribution in [0.2, 0.25) is 0 Å². The molecule has 1 unspecified atom stereocenters. The number of nitrogens with two attached hydrogens (primary N) is 1. The van der Waals surface area contributed by atoms with Crippen LogP contribution in [0.1, 0.15) is 19.8 Å². The number of hydrogen-bond donors (Lipinski definition) is 1. The van der Waals surface area contributed by atoms with Gasteiger partial charge in [0.15, 0.2) is 0 Å². The smallest absolute Gasteiger partial charge is 0.0870 e. The van der Waals surface area contributed by atoms with Crippen LogP contribution in [-0.4, -0.2) is 29.0 Å². The highest BCUT2D eigenvalue weighted by Crippen LogP contribution is 2.14. The molecular weight excluding hydrogens is 144 g/mol. The lowest BCUT2D eigenvalue weighted by molar-refractivity contribution is 0.307. The highest BCUT2D eigenvalue weighted by atomic mass is 32.1. The fourth-order valence-corrected chi connectivity index (χ4v) is 1.59. The maximum atomic E-state index is 5.42. The van der Waals surface area contributed by atoms with Crippen molar-refractivity contribution in [2.75, 3.05) is 13.1 Å². The maximum absolute atomic E-state index is 5.42. The minimum absolute atomic E-state index is 0.619. The molecule has 1 rings (SSSR count). The topological polar surface area (TPSA) is 29.3 Å². The van der Waals surface area contributed by atoms with Gasteiger partial charge >= 0.3 is 0 Å². The van der Waals surface area contributed by atoms with E-state index in [2.05, 4.69) is 11.8 Å². The molecule has 3 heteroatoms. The Kier molecular flexibility index (Phi) is 2.63. The Labute approximate surface area is 67.4 Å². The number of rotatable bonds is 2. The summed E-state index contributed by atoms with van der Waals surface area (Å²) in [6.45, 7) is 4.19. The third-order valence-corrected chi connectivity index (χ3v) is 2.18. The molecule has 1 heterocycles. The zero-order chi connectivity index (χ0) is 7.56.